The molecule has 5 rings (SSSR count). The molecule has 1 aliphatic rings. The molecule has 4 aromatic rings. The zero-order valence-electron chi connectivity index (χ0n) is 19.6. The van der Waals surface area contributed by atoms with E-state index in [0.717, 1.165) is 28.3 Å². The molecule has 176 valence electrons. The van der Waals surface area contributed by atoms with E-state index in [1.165, 1.54) is 0 Å². The monoisotopic (exact) mass is 468 g/mol. The highest BCUT2D eigenvalue weighted by molar-refractivity contribution is 6.01. The van der Waals surface area contributed by atoms with Gasteiger partial charge in [-0.2, -0.15) is 4.98 Å². The van der Waals surface area contributed by atoms with Crippen LogP contribution in [0.15, 0.2) is 89.1 Å². The molecule has 1 atom stereocenters. The highest BCUT2D eigenvalue weighted by Gasteiger charge is 2.36. The van der Waals surface area contributed by atoms with E-state index in [0.29, 0.717) is 23.0 Å². The minimum absolute atomic E-state index is 0.242. The number of para-hydroxylation sites is 1. The molecule has 8 nitrogen and oxygen atoms in total. The van der Waals surface area contributed by atoms with Crippen LogP contribution >= 0.6 is 0 Å². The number of hydrogen-bond donors (Lipinski definition) is 1. The molecule has 3 aromatic carbocycles. The first-order valence-corrected chi connectivity index (χ1v) is 11.1. The summed E-state index contributed by atoms with van der Waals surface area (Å²) in [5.74, 6) is 2.24. The van der Waals surface area contributed by atoms with Gasteiger partial charge in [-0.3, -0.25) is 4.90 Å². The van der Waals surface area contributed by atoms with E-state index < -0.39 is 6.04 Å². The van der Waals surface area contributed by atoms with Gasteiger partial charge in [-0.25, -0.2) is 4.79 Å². The highest BCUT2D eigenvalue weighted by atomic mass is 16.5. The summed E-state index contributed by atoms with van der Waals surface area (Å²) in [6.07, 6.45) is 0. The lowest BCUT2D eigenvalue weighted by atomic mass is 9.94. The molecule has 8 heteroatoms. The summed E-state index contributed by atoms with van der Waals surface area (Å²) in [5.41, 5.74) is 3.81. The number of amides is 2. The van der Waals surface area contributed by atoms with Gasteiger partial charge in [0.1, 0.15) is 11.5 Å². The van der Waals surface area contributed by atoms with Crippen molar-refractivity contribution in [3.05, 3.63) is 96.0 Å². The van der Waals surface area contributed by atoms with E-state index in [1.807, 2.05) is 85.8 Å². The Morgan fingerprint density at radius 2 is 1.51 bits per heavy atom. The minimum Gasteiger partial charge on any atom is -0.497 e. The van der Waals surface area contributed by atoms with Crippen LogP contribution in [0.25, 0.3) is 17.0 Å². The second kappa shape index (κ2) is 9.34. The first-order chi connectivity index (χ1) is 17.1. The molecular formula is C27H24N4O4. The van der Waals surface area contributed by atoms with E-state index in [4.69, 9.17) is 19.0 Å². The highest BCUT2D eigenvalue weighted by Crippen LogP contribution is 2.39. The van der Waals surface area contributed by atoms with E-state index in [2.05, 4.69) is 10.5 Å². The Bertz CT molecular complexity index is 1360. The van der Waals surface area contributed by atoms with Gasteiger partial charge in [-0.15, -0.1) is 0 Å². The number of hydrogen-bond acceptors (Lipinski definition) is 6. The van der Waals surface area contributed by atoms with Gasteiger partial charge in [0, 0.05) is 11.3 Å². The number of ether oxygens (including phenoxy) is 2. The summed E-state index contributed by atoms with van der Waals surface area (Å²) >= 11 is 0. The molecule has 2 amide bonds. The van der Waals surface area contributed by atoms with Crippen molar-refractivity contribution in [3.63, 3.8) is 0 Å². The largest absolute Gasteiger partial charge is 0.497 e. The Morgan fingerprint density at radius 1 is 0.886 bits per heavy atom. The fourth-order valence-electron chi connectivity index (χ4n) is 4.14. The summed E-state index contributed by atoms with van der Waals surface area (Å²) in [4.78, 5) is 19.6. The first kappa shape index (κ1) is 22.2. The van der Waals surface area contributed by atoms with Crippen LogP contribution in [-0.4, -0.2) is 30.4 Å². The van der Waals surface area contributed by atoms with Gasteiger partial charge in [0.15, 0.2) is 0 Å². The van der Waals surface area contributed by atoms with Crippen LogP contribution in [0.4, 0.5) is 10.5 Å². The standard InChI is InChI=1S/C27H24N4O4/c1-17-23(26-29-25(30-35-26)19-11-15-22(34-3)16-12-19)24(18-9-13-21(33-2)14-10-18)28-27(32)31(17)20-7-5-4-6-8-20/h4-16,24H,1-3H3,(H,28,32). The maximum atomic E-state index is 13.3. The maximum absolute atomic E-state index is 13.3. The predicted octanol–water partition coefficient (Wildman–Crippen LogP) is 5.46. The molecule has 0 saturated carbocycles. The van der Waals surface area contributed by atoms with Gasteiger partial charge < -0.3 is 19.3 Å². The summed E-state index contributed by atoms with van der Waals surface area (Å²) in [6, 6.07) is 23.7. The number of carbonyl (C=O) groups is 1. The maximum Gasteiger partial charge on any atom is 0.326 e. The van der Waals surface area contributed by atoms with E-state index >= 15 is 0 Å². The number of aromatic nitrogens is 2. The van der Waals surface area contributed by atoms with Crippen molar-refractivity contribution in [2.24, 2.45) is 0 Å². The topological polar surface area (TPSA) is 89.7 Å². The van der Waals surface area contributed by atoms with Gasteiger partial charge >= 0.3 is 6.03 Å². The number of nitrogens with zero attached hydrogens (tertiary/aromatic N) is 3. The Balaban J connectivity index is 1.61. The third-order valence-corrected chi connectivity index (χ3v) is 5.95. The number of allylic oxidation sites excluding steroid dienone is 1. The molecule has 0 radical (unpaired) electrons. The van der Waals surface area contributed by atoms with E-state index in [9.17, 15) is 4.79 Å². The Kier molecular flexibility index (Phi) is 5.93. The zero-order valence-corrected chi connectivity index (χ0v) is 19.6. The van der Waals surface area contributed by atoms with Gasteiger partial charge in [-0.1, -0.05) is 35.5 Å². The van der Waals surface area contributed by atoms with Crippen LogP contribution in [0.3, 0.4) is 0 Å². The van der Waals surface area contributed by atoms with Crippen molar-refractivity contribution < 1.29 is 18.8 Å². The Hall–Kier alpha value is -4.59. The normalized spacial score (nSPS) is 15.7. The molecule has 1 unspecified atom stereocenters. The Morgan fingerprint density at radius 3 is 2.14 bits per heavy atom. The molecule has 35 heavy (non-hydrogen) atoms. The summed E-state index contributed by atoms with van der Waals surface area (Å²) in [7, 11) is 3.23. The quantitative estimate of drug-likeness (QED) is 0.404. The van der Waals surface area contributed by atoms with Crippen molar-refractivity contribution in [2.75, 3.05) is 19.1 Å². The lowest BCUT2D eigenvalue weighted by Crippen LogP contribution is -2.46. The van der Waals surface area contributed by atoms with Gasteiger partial charge in [0.2, 0.25) is 5.82 Å². The average Bonchev–Trinajstić information content (AvgIpc) is 3.39. The fourth-order valence-corrected chi connectivity index (χ4v) is 4.14. The summed E-state index contributed by atoms with van der Waals surface area (Å²) in [6.45, 7) is 1.88. The van der Waals surface area contributed by atoms with Crippen molar-refractivity contribution in [3.8, 4) is 22.9 Å². The van der Waals surface area contributed by atoms with Crippen LogP contribution in [-0.2, 0) is 0 Å². The summed E-state index contributed by atoms with van der Waals surface area (Å²) < 4.78 is 16.3. The minimum atomic E-state index is -0.488. The molecular weight excluding hydrogens is 444 g/mol. The Labute approximate surface area is 202 Å². The molecule has 1 aliphatic heterocycles. The number of carbonyl (C=O) groups excluding carboxylic acids is 1. The van der Waals surface area contributed by atoms with Gasteiger partial charge in [-0.05, 0) is 61.0 Å². The molecule has 0 aliphatic carbocycles. The van der Waals surface area contributed by atoms with Crippen LogP contribution in [0.5, 0.6) is 11.5 Å². The fraction of sp³-hybridized carbons (Fsp3) is 0.148. The van der Waals surface area contributed by atoms with E-state index in [-0.39, 0.29) is 6.03 Å². The SMILES string of the molecule is COc1ccc(-c2noc(C3=C(C)N(c4ccccc4)C(=O)NC3c3ccc(OC)cc3)n2)cc1. The molecule has 0 bridgehead atoms. The molecule has 0 spiro atoms. The molecule has 0 fully saturated rings. The molecule has 2 heterocycles. The first-order valence-electron chi connectivity index (χ1n) is 11.1. The number of benzene rings is 3. The number of anilines is 1. The lowest BCUT2D eigenvalue weighted by Gasteiger charge is -2.35. The van der Waals surface area contributed by atoms with Crippen molar-refractivity contribution in [2.45, 2.75) is 13.0 Å². The van der Waals surface area contributed by atoms with Crippen molar-refractivity contribution in [1.82, 2.24) is 15.5 Å². The van der Waals surface area contributed by atoms with Crippen LogP contribution in [0.2, 0.25) is 0 Å². The van der Waals surface area contributed by atoms with Gasteiger partial charge in [0.05, 0.1) is 31.5 Å². The zero-order chi connectivity index (χ0) is 24.4. The molecule has 1 N–H and O–H groups in total. The van der Waals surface area contributed by atoms with Crippen molar-refractivity contribution >= 4 is 17.3 Å². The lowest BCUT2D eigenvalue weighted by molar-refractivity contribution is 0.244. The van der Waals surface area contributed by atoms with Crippen molar-refractivity contribution in [1.29, 1.82) is 0 Å². The smallest absolute Gasteiger partial charge is 0.326 e. The molecule has 0 saturated heterocycles. The average molecular weight is 469 g/mol. The number of nitrogens with one attached hydrogen (secondary N) is 1. The number of methoxy groups -OCH3 is 2. The summed E-state index contributed by atoms with van der Waals surface area (Å²) in [5, 5.41) is 7.32. The number of rotatable bonds is 6. The second-order valence-corrected chi connectivity index (χ2v) is 7.98. The van der Waals surface area contributed by atoms with Crippen LogP contribution < -0.4 is 19.7 Å². The predicted molar refractivity (Wildman–Crippen MR) is 132 cm³/mol. The second-order valence-electron chi connectivity index (χ2n) is 7.98. The van der Waals surface area contributed by atoms with Gasteiger partial charge in [0.25, 0.3) is 5.89 Å². The van der Waals surface area contributed by atoms with Crippen LogP contribution in [0, 0.1) is 0 Å². The van der Waals surface area contributed by atoms with E-state index in [1.54, 1.807) is 19.1 Å². The number of urea groups is 1. The third-order valence-electron chi connectivity index (χ3n) is 5.95. The third kappa shape index (κ3) is 4.21. The molecule has 1 aromatic heterocycles. The van der Waals surface area contributed by atoms with Crippen LogP contribution in [0.1, 0.15) is 24.4 Å².